The molecule has 0 saturated carbocycles. The van der Waals surface area contributed by atoms with Crippen molar-refractivity contribution in [1.29, 1.82) is 0 Å². The summed E-state index contributed by atoms with van der Waals surface area (Å²) in [4.78, 5) is 12.6. The maximum Gasteiger partial charge on any atom is 0.247 e. The Morgan fingerprint density at radius 2 is 2.39 bits per heavy atom. The molecule has 9 heteroatoms. The number of thioether (sulfide) groups is 1. The van der Waals surface area contributed by atoms with Crippen LogP contribution in [0, 0.1) is 12.3 Å². The standard InChI is InChI=1S/C14H17N5O3S/c1-3-14(6-20)8(21)5-9(23-14)19-7-16-10-11(19)17-13(15)18-12(10)22-4-2/h1,7-9,20-21H,4-6H2,2H3,(H2,15,17,18)/t8-,9+,14+/m0/s1. The molecule has 0 amide bonds. The average molecular weight is 335 g/mol. The molecule has 0 aromatic carbocycles. The smallest absolute Gasteiger partial charge is 0.247 e. The number of imidazole rings is 1. The summed E-state index contributed by atoms with van der Waals surface area (Å²) >= 11 is 1.31. The second kappa shape index (κ2) is 5.88. The Morgan fingerprint density at radius 3 is 3.00 bits per heavy atom. The van der Waals surface area contributed by atoms with Gasteiger partial charge in [0.05, 0.1) is 31.0 Å². The molecule has 0 unspecified atom stereocenters. The van der Waals surface area contributed by atoms with Gasteiger partial charge in [0, 0.05) is 6.42 Å². The fraction of sp³-hybridized carbons (Fsp3) is 0.500. The third-order valence-electron chi connectivity index (χ3n) is 3.79. The van der Waals surface area contributed by atoms with E-state index in [0.717, 1.165) is 0 Å². The van der Waals surface area contributed by atoms with Gasteiger partial charge in [-0.25, -0.2) is 4.98 Å². The van der Waals surface area contributed by atoms with Crippen molar-refractivity contribution in [2.75, 3.05) is 18.9 Å². The van der Waals surface area contributed by atoms with E-state index in [1.807, 2.05) is 6.92 Å². The second-order valence-corrected chi connectivity index (χ2v) is 6.67. The first kappa shape index (κ1) is 15.9. The highest BCUT2D eigenvalue weighted by atomic mass is 32.2. The Bertz CT molecular complexity index is 774. The summed E-state index contributed by atoms with van der Waals surface area (Å²) in [5.41, 5.74) is 6.75. The maximum atomic E-state index is 10.2. The number of ether oxygens (including phenoxy) is 1. The molecule has 3 atom stereocenters. The first-order valence-corrected chi connectivity index (χ1v) is 8.00. The van der Waals surface area contributed by atoms with Gasteiger partial charge in [0.25, 0.3) is 0 Å². The lowest BCUT2D eigenvalue weighted by Gasteiger charge is -2.22. The number of anilines is 1. The SMILES string of the molecule is C#C[C@]1(CO)S[C@@H](n2cnc3c(OCC)nc(N)nc32)C[C@@H]1O. The number of aromatic nitrogens is 4. The Balaban J connectivity index is 2.04. The van der Waals surface area contributed by atoms with Gasteiger partial charge in [0.15, 0.2) is 11.2 Å². The van der Waals surface area contributed by atoms with Gasteiger partial charge in [-0.3, -0.25) is 0 Å². The van der Waals surface area contributed by atoms with Crippen LogP contribution in [0.15, 0.2) is 6.33 Å². The van der Waals surface area contributed by atoms with Gasteiger partial charge >= 0.3 is 0 Å². The molecule has 1 fully saturated rings. The van der Waals surface area contributed by atoms with Crippen molar-refractivity contribution in [3.05, 3.63) is 6.33 Å². The second-order valence-electron chi connectivity index (χ2n) is 5.16. The van der Waals surface area contributed by atoms with Gasteiger partial charge in [-0.2, -0.15) is 9.97 Å². The molecule has 4 N–H and O–H groups in total. The third-order valence-corrected chi connectivity index (χ3v) is 5.42. The van der Waals surface area contributed by atoms with Crippen molar-refractivity contribution in [2.45, 2.75) is 29.6 Å². The summed E-state index contributed by atoms with van der Waals surface area (Å²) in [6, 6.07) is 0. The van der Waals surface area contributed by atoms with Crippen molar-refractivity contribution >= 4 is 28.9 Å². The summed E-state index contributed by atoms with van der Waals surface area (Å²) in [6.45, 7) is 1.96. The lowest BCUT2D eigenvalue weighted by molar-refractivity contribution is 0.114. The van der Waals surface area contributed by atoms with Gasteiger partial charge in [-0.15, -0.1) is 18.2 Å². The first-order valence-electron chi connectivity index (χ1n) is 7.12. The number of nitrogens with two attached hydrogens (primary N) is 1. The normalized spacial score (nSPS) is 27.2. The Morgan fingerprint density at radius 1 is 1.61 bits per heavy atom. The number of terminal acetylenes is 1. The van der Waals surface area contributed by atoms with Gasteiger partial charge in [-0.05, 0) is 6.92 Å². The summed E-state index contributed by atoms with van der Waals surface area (Å²) < 4.78 is 6.20. The quantitative estimate of drug-likeness (QED) is 0.676. The summed E-state index contributed by atoms with van der Waals surface area (Å²) in [6.07, 6.45) is 6.64. The van der Waals surface area contributed by atoms with Crippen LogP contribution in [0.1, 0.15) is 18.7 Å². The van der Waals surface area contributed by atoms with E-state index in [4.69, 9.17) is 16.9 Å². The van der Waals surface area contributed by atoms with Crippen molar-refractivity contribution in [3.63, 3.8) is 0 Å². The Hall–Kier alpha value is -2.02. The van der Waals surface area contributed by atoms with Crippen LogP contribution in [-0.4, -0.2) is 53.8 Å². The van der Waals surface area contributed by atoms with Crippen LogP contribution < -0.4 is 10.5 Å². The number of nitrogens with zero attached hydrogens (tertiary/aromatic N) is 4. The molecule has 0 spiro atoms. The summed E-state index contributed by atoms with van der Waals surface area (Å²) in [7, 11) is 0. The molecule has 1 saturated heterocycles. The van der Waals surface area contributed by atoms with Gasteiger partial charge in [0.1, 0.15) is 4.75 Å². The number of fused-ring (bicyclic) bond motifs is 1. The number of rotatable bonds is 4. The maximum absolute atomic E-state index is 10.2. The highest BCUT2D eigenvalue weighted by molar-refractivity contribution is 8.01. The fourth-order valence-corrected chi connectivity index (χ4v) is 4.02. The minimum atomic E-state index is -1.03. The van der Waals surface area contributed by atoms with Crippen molar-refractivity contribution < 1.29 is 14.9 Å². The Kier molecular flexibility index (Phi) is 4.06. The van der Waals surface area contributed by atoms with Crippen LogP contribution in [0.5, 0.6) is 5.88 Å². The summed E-state index contributed by atoms with van der Waals surface area (Å²) in [5, 5.41) is 19.6. The van der Waals surface area contributed by atoms with Crippen LogP contribution in [0.2, 0.25) is 0 Å². The van der Waals surface area contributed by atoms with E-state index in [0.29, 0.717) is 30.1 Å². The van der Waals surface area contributed by atoms with Crippen molar-refractivity contribution in [2.24, 2.45) is 0 Å². The van der Waals surface area contributed by atoms with E-state index in [2.05, 4.69) is 20.9 Å². The van der Waals surface area contributed by atoms with E-state index in [1.165, 1.54) is 11.8 Å². The lowest BCUT2D eigenvalue weighted by Crippen LogP contribution is -2.36. The zero-order chi connectivity index (χ0) is 16.6. The lowest BCUT2D eigenvalue weighted by atomic mass is 10.0. The zero-order valence-corrected chi connectivity index (χ0v) is 13.3. The highest BCUT2D eigenvalue weighted by Crippen LogP contribution is 2.49. The minimum absolute atomic E-state index is 0.0802. The molecule has 1 aliphatic heterocycles. The van der Waals surface area contributed by atoms with Crippen LogP contribution in [-0.2, 0) is 0 Å². The molecule has 3 rings (SSSR count). The number of hydrogen-bond acceptors (Lipinski definition) is 8. The monoisotopic (exact) mass is 335 g/mol. The molecule has 2 aromatic heterocycles. The van der Waals surface area contributed by atoms with Gasteiger partial charge < -0.3 is 25.3 Å². The molecule has 0 aliphatic carbocycles. The Labute approximate surface area is 137 Å². The van der Waals surface area contributed by atoms with Crippen LogP contribution in [0.4, 0.5) is 5.95 Å². The van der Waals surface area contributed by atoms with E-state index in [-0.39, 0.29) is 17.9 Å². The molecule has 0 radical (unpaired) electrons. The van der Waals surface area contributed by atoms with Crippen LogP contribution in [0.25, 0.3) is 11.2 Å². The van der Waals surface area contributed by atoms with Crippen molar-refractivity contribution in [3.8, 4) is 18.2 Å². The number of hydrogen-bond donors (Lipinski definition) is 3. The average Bonchev–Trinajstić information content (AvgIpc) is 3.09. The van der Waals surface area contributed by atoms with E-state index < -0.39 is 10.9 Å². The summed E-state index contributed by atoms with van der Waals surface area (Å²) in [5.74, 6) is 2.91. The molecule has 8 nitrogen and oxygen atoms in total. The number of nitrogen functional groups attached to an aromatic ring is 1. The van der Waals surface area contributed by atoms with Crippen LogP contribution in [0.3, 0.4) is 0 Å². The molecule has 1 aliphatic rings. The molecule has 0 bridgehead atoms. The molecule has 3 heterocycles. The molecule has 2 aromatic rings. The number of aliphatic hydroxyl groups excluding tert-OH is 2. The molecule has 23 heavy (non-hydrogen) atoms. The number of aliphatic hydroxyl groups is 2. The van der Waals surface area contributed by atoms with Crippen LogP contribution >= 0.6 is 11.8 Å². The molecule has 122 valence electrons. The van der Waals surface area contributed by atoms with E-state index in [9.17, 15) is 10.2 Å². The fourth-order valence-electron chi connectivity index (χ4n) is 2.59. The van der Waals surface area contributed by atoms with E-state index in [1.54, 1.807) is 10.9 Å². The molecular formula is C14H17N5O3S. The van der Waals surface area contributed by atoms with Gasteiger partial charge in [0.2, 0.25) is 11.8 Å². The minimum Gasteiger partial charge on any atom is -0.476 e. The topological polar surface area (TPSA) is 119 Å². The van der Waals surface area contributed by atoms with E-state index >= 15 is 0 Å². The third kappa shape index (κ3) is 2.49. The highest BCUT2D eigenvalue weighted by Gasteiger charge is 2.47. The molecular weight excluding hydrogens is 318 g/mol. The largest absolute Gasteiger partial charge is 0.476 e. The predicted molar refractivity (Wildman–Crippen MR) is 86.8 cm³/mol. The first-order chi connectivity index (χ1) is 11.0. The zero-order valence-electron chi connectivity index (χ0n) is 12.5. The predicted octanol–water partition coefficient (Wildman–Crippen LogP) is 0.168. The van der Waals surface area contributed by atoms with Crippen molar-refractivity contribution in [1.82, 2.24) is 19.5 Å². The van der Waals surface area contributed by atoms with Gasteiger partial charge in [-0.1, -0.05) is 5.92 Å².